The minimum atomic E-state index is 0.0141. The first-order valence-corrected chi connectivity index (χ1v) is 6.31. The van der Waals surface area contributed by atoms with E-state index in [2.05, 4.69) is 10.6 Å². The van der Waals surface area contributed by atoms with E-state index in [9.17, 15) is 4.79 Å². The van der Waals surface area contributed by atoms with E-state index in [1.165, 1.54) is 11.3 Å². The zero-order chi connectivity index (χ0) is 11.4. The molecular formula is C11H16N2O2S. The number of piperidine rings is 1. The first-order valence-electron chi connectivity index (χ1n) is 5.43. The predicted molar refractivity (Wildman–Crippen MR) is 64.2 cm³/mol. The Hall–Kier alpha value is -1.07. The summed E-state index contributed by atoms with van der Waals surface area (Å²) in [4.78, 5) is 12.6. The Balaban J connectivity index is 1.91. The van der Waals surface area contributed by atoms with Crippen molar-refractivity contribution in [3.05, 3.63) is 16.3 Å². The smallest absolute Gasteiger partial charge is 0.261 e. The van der Waals surface area contributed by atoms with E-state index in [-0.39, 0.29) is 5.91 Å². The third-order valence-electron chi connectivity index (χ3n) is 2.71. The van der Waals surface area contributed by atoms with Crippen LogP contribution < -0.4 is 15.4 Å². The second kappa shape index (κ2) is 5.32. The van der Waals surface area contributed by atoms with Crippen LogP contribution in [0.1, 0.15) is 22.5 Å². The van der Waals surface area contributed by atoms with Gasteiger partial charge in [-0.3, -0.25) is 4.79 Å². The highest BCUT2D eigenvalue weighted by atomic mass is 32.1. The molecule has 0 aromatic carbocycles. The van der Waals surface area contributed by atoms with Crippen molar-refractivity contribution in [2.24, 2.45) is 0 Å². The Kier molecular flexibility index (Phi) is 3.79. The molecule has 16 heavy (non-hydrogen) atoms. The average molecular weight is 240 g/mol. The van der Waals surface area contributed by atoms with E-state index in [1.54, 1.807) is 13.2 Å². The van der Waals surface area contributed by atoms with Crippen molar-refractivity contribution in [3.63, 3.8) is 0 Å². The summed E-state index contributed by atoms with van der Waals surface area (Å²) in [5.74, 6) is 0.765. The Morgan fingerprint density at radius 2 is 2.31 bits per heavy atom. The van der Waals surface area contributed by atoms with Gasteiger partial charge >= 0.3 is 0 Å². The number of hydrogen-bond donors (Lipinski definition) is 2. The maximum atomic E-state index is 11.9. The number of rotatable bonds is 3. The van der Waals surface area contributed by atoms with E-state index in [0.717, 1.165) is 36.6 Å². The highest BCUT2D eigenvalue weighted by Crippen LogP contribution is 2.21. The number of carbonyl (C=O) groups excluding carboxylic acids is 1. The van der Waals surface area contributed by atoms with Crippen LogP contribution in [0, 0.1) is 0 Å². The lowest BCUT2D eigenvalue weighted by Gasteiger charge is -2.23. The van der Waals surface area contributed by atoms with Crippen LogP contribution in [-0.2, 0) is 0 Å². The number of nitrogens with one attached hydrogen (secondary N) is 2. The second-order valence-corrected chi connectivity index (χ2v) is 4.76. The summed E-state index contributed by atoms with van der Waals surface area (Å²) < 4.78 is 5.06. The third kappa shape index (κ3) is 2.74. The summed E-state index contributed by atoms with van der Waals surface area (Å²) >= 11 is 1.42. The summed E-state index contributed by atoms with van der Waals surface area (Å²) in [5.41, 5.74) is 0. The fourth-order valence-electron chi connectivity index (χ4n) is 1.77. The lowest BCUT2D eigenvalue weighted by Crippen LogP contribution is -2.42. The quantitative estimate of drug-likeness (QED) is 0.835. The minimum Gasteiger partial charge on any atom is -0.496 e. The van der Waals surface area contributed by atoms with Crippen molar-refractivity contribution in [2.75, 3.05) is 20.2 Å². The molecular weight excluding hydrogens is 224 g/mol. The molecule has 1 aromatic rings. The predicted octanol–water partition coefficient (Wildman–Crippen LogP) is 1.24. The minimum absolute atomic E-state index is 0.0141. The fraction of sp³-hybridized carbons (Fsp3) is 0.545. The molecule has 2 rings (SSSR count). The third-order valence-corrected chi connectivity index (χ3v) is 3.62. The van der Waals surface area contributed by atoms with Gasteiger partial charge in [-0.15, -0.1) is 11.3 Å². The standard InChI is InChI=1S/C11H16N2O2S/c1-15-9-6-10(16-7-9)11(14)13-8-2-4-12-5-3-8/h6-8,12H,2-5H2,1H3,(H,13,14). The molecule has 0 spiro atoms. The van der Waals surface area contributed by atoms with Gasteiger partial charge in [-0.1, -0.05) is 0 Å². The van der Waals surface area contributed by atoms with Gasteiger partial charge in [0.2, 0.25) is 0 Å². The Morgan fingerprint density at radius 3 is 2.94 bits per heavy atom. The molecule has 0 aliphatic carbocycles. The lowest BCUT2D eigenvalue weighted by molar-refractivity contribution is 0.0933. The molecule has 1 aliphatic rings. The average Bonchev–Trinajstić information content (AvgIpc) is 2.79. The second-order valence-electron chi connectivity index (χ2n) is 3.85. The van der Waals surface area contributed by atoms with E-state index < -0.39 is 0 Å². The largest absolute Gasteiger partial charge is 0.496 e. The SMILES string of the molecule is COc1csc(C(=O)NC2CCNCC2)c1. The van der Waals surface area contributed by atoms with Crippen molar-refractivity contribution in [3.8, 4) is 5.75 Å². The van der Waals surface area contributed by atoms with Gasteiger partial charge < -0.3 is 15.4 Å². The van der Waals surface area contributed by atoms with Crippen LogP contribution >= 0.6 is 11.3 Å². The molecule has 5 heteroatoms. The van der Waals surface area contributed by atoms with Gasteiger partial charge in [-0.25, -0.2) is 0 Å². The van der Waals surface area contributed by atoms with Crippen LogP contribution in [-0.4, -0.2) is 32.1 Å². The van der Waals surface area contributed by atoms with Gasteiger partial charge in [-0.2, -0.15) is 0 Å². The van der Waals surface area contributed by atoms with E-state index in [1.807, 2.05) is 5.38 Å². The molecule has 1 aliphatic heterocycles. The van der Waals surface area contributed by atoms with Crippen molar-refractivity contribution < 1.29 is 9.53 Å². The zero-order valence-electron chi connectivity index (χ0n) is 9.29. The maximum Gasteiger partial charge on any atom is 0.261 e. The van der Waals surface area contributed by atoms with Crippen molar-refractivity contribution in [2.45, 2.75) is 18.9 Å². The number of amides is 1. The monoisotopic (exact) mass is 240 g/mol. The van der Waals surface area contributed by atoms with Crippen LogP contribution in [0.4, 0.5) is 0 Å². The van der Waals surface area contributed by atoms with E-state index >= 15 is 0 Å². The number of ether oxygens (including phenoxy) is 1. The summed E-state index contributed by atoms with van der Waals surface area (Å²) in [6, 6.07) is 2.09. The van der Waals surface area contributed by atoms with Crippen LogP contribution in [0.3, 0.4) is 0 Å². The Morgan fingerprint density at radius 1 is 1.56 bits per heavy atom. The molecule has 0 bridgehead atoms. The lowest BCUT2D eigenvalue weighted by atomic mass is 10.1. The molecule has 1 fully saturated rings. The van der Waals surface area contributed by atoms with Gasteiger partial charge in [-0.05, 0) is 25.9 Å². The molecule has 0 saturated carbocycles. The van der Waals surface area contributed by atoms with E-state index in [0.29, 0.717) is 6.04 Å². The fourth-order valence-corrected chi connectivity index (χ4v) is 2.53. The zero-order valence-corrected chi connectivity index (χ0v) is 10.1. The first-order chi connectivity index (χ1) is 7.79. The highest BCUT2D eigenvalue weighted by Gasteiger charge is 2.17. The molecule has 88 valence electrons. The van der Waals surface area contributed by atoms with Crippen LogP contribution in [0.25, 0.3) is 0 Å². The van der Waals surface area contributed by atoms with Crippen molar-refractivity contribution >= 4 is 17.2 Å². The summed E-state index contributed by atoms with van der Waals surface area (Å²) in [7, 11) is 1.61. The van der Waals surface area contributed by atoms with E-state index in [4.69, 9.17) is 4.74 Å². The van der Waals surface area contributed by atoms with Gasteiger partial charge in [0.25, 0.3) is 5.91 Å². The topological polar surface area (TPSA) is 50.4 Å². The Bertz CT molecular complexity index is 359. The normalized spacial score (nSPS) is 17.1. The van der Waals surface area contributed by atoms with Crippen LogP contribution in [0.2, 0.25) is 0 Å². The molecule has 0 radical (unpaired) electrons. The molecule has 1 amide bonds. The summed E-state index contributed by atoms with van der Waals surface area (Å²) in [5, 5.41) is 8.17. The molecule has 4 nitrogen and oxygen atoms in total. The van der Waals surface area contributed by atoms with Gasteiger partial charge in [0.05, 0.1) is 12.0 Å². The maximum absolute atomic E-state index is 11.9. The summed E-state index contributed by atoms with van der Waals surface area (Å²) in [6.07, 6.45) is 2.02. The first kappa shape index (κ1) is 11.4. The summed E-state index contributed by atoms with van der Waals surface area (Å²) in [6.45, 7) is 1.97. The highest BCUT2D eigenvalue weighted by molar-refractivity contribution is 7.12. The molecule has 1 aromatic heterocycles. The van der Waals surface area contributed by atoms with Gasteiger partial charge in [0.1, 0.15) is 5.75 Å². The Labute approximate surface area is 99.0 Å². The molecule has 0 unspecified atom stereocenters. The van der Waals surface area contributed by atoms with Crippen molar-refractivity contribution in [1.82, 2.24) is 10.6 Å². The van der Waals surface area contributed by atoms with Gasteiger partial charge in [0, 0.05) is 17.5 Å². The molecule has 1 saturated heterocycles. The van der Waals surface area contributed by atoms with Crippen LogP contribution in [0.5, 0.6) is 5.75 Å². The molecule has 2 heterocycles. The van der Waals surface area contributed by atoms with Crippen LogP contribution in [0.15, 0.2) is 11.4 Å². The molecule has 0 atom stereocenters. The number of carbonyl (C=O) groups is 1. The molecule has 2 N–H and O–H groups in total. The number of hydrogen-bond acceptors (Lipinski definition) is 4. The van der Waals surface area contributed by atoms with Gasteiger partial charge in [0.15, 0.2) is 0 Å². The number of thiophene rings is 1. The van der Waals surface area contributed by atoms with Crippen molar-refractivity contribution in [1.29, 1.82) is 0 Å². The number of methoxy groups -OCH3 is 1.